The van der Waals surface area contributed by atoms with Crippen LogP contribution in [0.4, 0.5) is 5.69 Å². The van der Waals surface area contributed by atoms with E-state index >= 15 is 0 Å². The highest BCUT2D eigenvalue weighted by molar-refractivity contribution is 5.94. The molecule has 1 aliphatic heterocycles. The number of carbonyl (C=O) groups is 2. The van der Waals surface area contributed by atoms with Crippen molar-refractivity contribution < 1.29 is 14.7 Å². The van der Waals surface area contributed by atoms with Gasteiger partial charge in [0, 0.05) is 37.9 Å². The molecule has 0 saturated carbocycles. The molecule has 2 aromatic rings. The third-order valence-corrected chi connectivity index (χ3v) is 5.30. The number of carbonyl (C=O) groups excluding carboxylic acids is 2. The first kappa shape index (κ1) is 22.4. The van der Waals surface area contributed by atoms with Crippen LogP contribution in [0.3, 0.4) is 0 Å². The number of rotatable bonds is 7. The summed E-state index contributed by atoms with van der Waals surface area (Å²) in [5.41, 5.74) is 3.75. The van der Waals surface area contributed by atoms with Crippen LogP contribution in [0.2, 0.25) is 0 Å². The maximum absolute atomic E-state index is 12.6. The highest BCUT2D eigenvalue weighted by Gasteiger charge is 2.19. The lowest BCUT2D eigenvalue weighted by molar-refractivity contribution is -0.126. The van der Waals surface area contributed by atoms with Crippen molar-refractivity contribution >= 4 is 29.5 Å². The first-order valence-electron chi connectivity index (χ1n) is 10.6. The molecule has 2 heterocycles. The summed E-state index contributed by atoms with van der Waals surface area (Å²) in [6.07, 6.45) is 6.06. The van der Waals surface area contributed by atoms with E-state index in [0.717, 1.165) is 13.1 Å². The number of piperazine rings is 1. The predicted molar refractivity (Wildman–Crippen MR) is 124 cm³/mol. The molecule has 1 N–H and O–H groups in total. The molecule has 0 aliphatic carbocycles. The molecular formula is C25H29N3O3. The van der Waals surface area contributed by atoms with Gasteiger partial charge in [0.1, 0.15) is 6.61 Å². The number of hydrogen-bond donors (Lipinski definition) is 1. The van der Waals surface area contributed by atoms with Crippen LogP contribution in [0, 0.1) is 0 Å². The smallest absolute Gasteiger partial charge is 0.246 e. The summed E-state index contributed by atoms with van der Waals surface area (Å²) >= 11 is 0. The molecule has 0 unspecified atom stereocenters. The number of amides is 1. The van der Waals surface area contributed by atoms with Crippen molar-refractivity contribution in [2.75, 3.05) is 37.7 Å². The van der Waals surface area contributed by atoms with Crippen LogP contribution in [0.15, 0.2) is 54.6 Å². The molecule has 0 atom stereocenters. The van der Waals surface area contributed by atoms with E-state index < -0.39 is 6.61 Å². The number of benzene rings is 1. The Morgan fingerprint density at radius 3 is 2.16 bits per heavy atom. The van der Waals surface area contributed by atoms with Gasteiger partial charge < -0.3 is 14.9 Å². The number of pyridine rings is 1. The molecule has 0 bridgehead atoms. The van der Waals surface area contributed by atoms with Crippen LogP contribution in [-0.2, 0) is 9.59 Å². The summed E-state index contributed by atoms with van der Waals surface area (Å²) in [4.78, 5) is 32.3. The number of nitrogens with zero attached hydrogens (tertiary/aromatic N) is 3. The zero-order valence-corrected chi connectivity index (χ0v) is 18.1. The zero-order valence-electron chi connectivity index (χ0n) is 18.1. The van der Waals surface area contributed by atoms with Crippen molar-refractivity contribution in [3.8, 4) is 0 Å². The number of aliphatic hydroxyl groups excluding tert-OH is 1. The van der Waals surface area contributed by atoms with Crippen molar-refractivity contribution in [3.63, 3.8) is 0 Å². The summed E-state index contributed by atoms with van der Waals surface area (Å²) < 4.78 is 0. The van der Waals surface area contributed by atoms with Crippen molar-refractivity contribution in [2.45, 2.75) is 19.8 Å². The topological polar surface area (TPSA) is 73.7 Å². The molecule has 1 aliphatic rings. The molecule has 0 radical (unpaired) electrons. The molecule has 1 saturated heterocycles. The second-order valence-electron chi connectivity index (χ2n) is 7.84. The van der Waals surface area contributed by atoms with Gasteiger partial charge in [-0.2, -0.15) is 0 Å². The summed E-state index contributed by atoms with van der Waals surface area (Å²) in [6, 6.07) is 14.0. The maximum atomic E-state index is 12.6. The normalized spacial score (nSPS) is 14.7. The van der Waals surface area contributed by atoms with Gasteiger partial charge in [-0.3, -0.25) is 9.59 Å². The van der Waals surface area contributed by atoms with Gasteiger partial charge >= 0.3 is 0 Å². The monoisotopic (exact) mass is 419 g/mol. The van der Waals surface area contributed by atoms with Gasteiger partial charge in [-0.15, -0.1) is 0 Å². The number of ketones is 1. The maximum Gasteiger partial charge on any atom is 0.246 e. The Balaban J connectivity index is 1.54. The Bertz CT molecular complexity index is 956. The van der Waals surface area contributed by atoms with Gasteiger partial charge in [0.2, 0.25) is 5.91 Å². The number of aromatic nitrogens is 1. The highest BCUT2D eigenvalue weighted by Crippen LogP contribution is 2.21. The van der Waals surface area contributed by atoms with E-state index in [0.29, 0.717) is 30.4 Å². The van der Waals surface area contributed by atoms with E-state index in [1.807, 2.05) is 11.0 Å². The van der Waals surface area contributed by atoms with E-state index in [1.165, 1.54) is 17.3 Å². The molecule has 31 heavy (non-hydrogen) atoms. The second-order valence-corrected chi connectivity index (χ2v) is 7.84. The van der Waals surface area contributed by atoms with Gasteiger partial charge in [-0.1, -0.05) is 32.0 Å². The van der Waals surface area contributed by atoms with Crippen molar-refractivity contribution in [3.05, 3.63) is 71.6 Å². The fourth-order valence-electron chi connectivity index (χ4n) is 3.40. The van der Waals surface area contributed by atoms with Crippen molar-refractivity contribution in [1.82, 2.24) is 9.88 Å². The van der Waals surface area contributed by atoms with E-state index in [2.05, 4.69) is 48.0 Å². The van der Waals surface area contributed by atoms with Crippen LogP contribution in [0.1, 0.15) is 36.7 Å². The third-order valence-electron chi connectivity index (χ3n) is 5.30. The van der Waals surface area contributed by atoms with Crippen molar-refractivity contribution in [1.29, 1.82) is 0 Å². The minimum Gasteiger partial charge on any atom is -0.388 e. The van der Waals surface area contributed by atoms with Gasteiger partial charge in [0.05, 0.1) is 11.4 Å². The van der Waals surface area contributed by atoms with Gasteiger partial charge in [0.25, 0.3) is 0 Å². The molecule has 6 heteroatoms. The van der Waals surface area contributed by atoms with Crippen LogP contribution < -0.4 is 4.90 Å². The fourth-order valence-corrected chi connectivity index (χ4v) is 3.40. The second kappa shape index (κ2) is 10.7. The number of anilines is 1. The summed E-state index contributed by atoms with van der Waals surface area (Å²) in [6.45, 7) is 6.81. The van der Waals surface area contributed by atoms with E-state index in [9.17, 15) is 9.59 Å². The molecule has 162 valence electrons. The lowest BCUT2D eigenvalue weighted by Gasteiger charge is -2.35. The summed E-state index contributed by atoms with van der Waals surface area (Å²) in [5.74, 6) is 0.102. The SMILES string of the molecule is CC(C)c1ccc(N2CCN(C(=O)/C=C/c3cccc(/C=C/C(=O)CO)n3)CC2)cc1. The lowest BCUT2D eigenvalue weighted by atomic mass is 10.0. The first-order chi connectivity index (χ1) is 15.0. The van der Waals surface area contributed by atoms with E-state index in [4.69, 9.17) is 5.11 Å². The van der Waals surface area contributed by atoms with Crippen LogP contribution in [0.5, 0.6) is 0 Å². The van der Waals surface area contributed by atoms with E-state index in [1.54, 1.807) is 30.4 Å². The van der Waals surface area contributed by atoms with Crippen LogP contribution in [-0.4, -0.2) is 59.5 Å². The average Bonchev–Trinajstić information content (AvgIpc) is 2.81. The molecule has 1 aromatic heterocycles. The van der Waals surface area contributed by atoms with Crippen LogP contribution in [0.25, 0.3) is 12.2 Å². The van der Waals surface area contributed by atoms with Crippen molar-refractivity contribution in [2.24, 2.45) is 0 Å². The Kier molecular flexibility index (Phi) is 7.73. The quantitative estimate of drug-likeness (QED) is 0.698. The van der Waals surface area contributed by atoms with Gasteiger partial charge in [-0.05, 0) is 54.0 Å². The van der Waals surface area contributed by atoms with E-state index in [-0.39, 0.29) is 11.7 Å². The largest absolute Gasteiger partial charge is 0.388 e. The Hall–Kier alpha value is -3.25. The Morgan fingerprint density at radius 2 is 1.58 bits per heavy atom. The minimum atomic E-state index is -0.527. The highest BCUT2D eigenvalue weighted by atomic mass is 16.3. The summed E-state index contributed by atoms with van der Waals surface area (Å²) in [7, 11) is 0. The number of hydrogen-bond acceptors (Lipinski definition) is 5. The standard InChI is InChI=1S/C25H29N3O3/c1-19(2)20-6-10-23(11-7-20)27-14-16-28(17-15-27)25(31)13-9-22-5-3-4-21(26-22)8-12-24(30)18-29/h3-13,19,29H,14-18H2,1-2H3/b12-8+,13-9+. The minimum absolute atomic E-state index is 0.0343. The molecule has 6 nitrogen and oxygen atoms in total. The molecule has 0 spiro atoms. The fraction of sp³-hybridized carbons (Fsp3) is 0.320. The zero-order chi connectivity index (χ0) is 22.2. The summed E-state index contributed by atoms with van der Waals surface area (Å²) in [5, 5.41) is 8.77. The molecular weight excluding hydrogens is 390 g/mol. The van der Waals surface area contributed by atoms with Gasteiger partial charge in [-0.25, -0.2) is 4.98 Å². The molecule has 1 fully saturated rings. The first-order valence-corrected chi connectivity index (χ1v) is 10.6. The van der Waals surface area contributed by atoms with Gasteiger partial charge in [0.15, 0.2) is 5.78 Å². The molecule has 1 aromatic carbocycles. The molecule has 1 amide bonds. The lowest BCUT2D eigenvalue weighted by Crippen LogP contribution is -2.48. The Morgan fingerprint density at radius 1 is 0.968 bits per heavy atom. The Labute approximate surface area is 183 Å². The van der Waals surface area contributed by atoms with Crippen LogP contribution >= 0.6 is 0 Å². The number of aliphatic hydroxyl groups is 1. The molecule has 3 rings (SSSR count). The average molecular weight is 420 g/mol. The third kappa shape index (κ3) is 6.36. The predicted octanol–water partition coefficient (Wildman–Crippen LogP) is 3.14.